The molecule has 0 fully saturated rings. The Morgan fingerprint density at radius 3 is 2.40 bits per heavy atom. The Morgan fingerprint density at radius 2 is 1.88 bits per heavy atom. The zero-order valence-electron chi connectivity index (χ0n) is 15.1. The molecule has 1 atom stereocenters. The molecule has 0 bridgehead atoms. The maximum atomic E-state index is 12.4. The fraction of sp³-hybridized carbons (Fsp3) is 0.667. The molecular weight excluding hydrogens is 347 g/mol. The van der Waals surface area contributed by atoms with Gasteiger partial charge in [0.15, 0.2) is 11.2 Å². The summed E-state index contributed by atoms with van der Waals surface area (Å²) in [5.41, 5.74) is -0.172. The van der Waals surface area contributed by atoms with Crippen molar-refractivity contribution < 1.29 is 14.0 Å². The molecule has 0 aliphatic rings. The van der Waals surface area contributed by atoms with Crippen LogP contribution in [-0.4, -0.2) is 30.2 Å². The molecule has 0 saturated heterocycles. The first kappa shape index (κ1) is 21.2. The van der Waals surface area contributed by atoms with E-state index in [0.29, 0.717) is 17.7 Å². The third-order valence-corrected chi connectivity index (χ3v) is 4.07. The number of nitrogens with zero attached hydrogens (tertiary/aromatic N) is 4. The van der Waals surface area contributed by atoms with Gasteiger partial charge in [-0.1, -0.05) is 26.7 Å². The second-order valence-electron chi connectivity index (χ2n) is 5.43. The Labute approximate surface area is 146 Å². The summed E-state index contributed by atoms with van der Waals surface area (Å²) in [6.07, 6.45) is 4.44. The van der Waals surface area contributed by atoms with Crippen LogP contribution >= 0.6 is 8.25 Å². The van der Waals surface area contributed by atoms with Gasteiger partial charge in [-0.05, 0) is 13.3 Å². The quantitative estimate of drug-likeness (QED) is 0.585. The minimum atomic E-state index is -2.67. The molecule has 0 radical (unpaired) electrons. The van der Waals surface area contributed by atoms with Gasteiger partial charge in [-0.25, -0.2) is 9.78 Å². The van der Waals surface area contributed by atoms with E-state index >= 15 is 0 Å². The van der Waals surface area contributed by atoms with Crippen LogP contribution in [0.15, 0.2) is 15.9 Å². The van der Waals surface area contributed by atoms with Crippen LogP contribution in [-0.2, 0) is 29.2 Å². The van der Waals surface area contributed by atoms with Gasteiger partial charge >= 0.3 is 13.9 Å². The Kier molecular flexibility index (Phi) is 8.68. The van der Waals surface area contributed by atoms with Crippen LogP contribution in [0.5, 0.6) is 0 Å². The van der Waals surface area contributed by atoms with E-state index in [4.69, 9.17) is 4.89 Å². The molecule has 140 valence electrons. The highest BCUT2D eigenvalue weighted by Gasteiger charge is 2.16. The van der Waals surface area contributed by atoms with Crippen LogP contribution in [0.2, 0.25) is 0 Å². The van der Waals surface area contributed by atoms with Crippen molar-refractivity contribution in [2.75, 3.05) is 6.61 Å². The van der Waals surface area contributed by atoms with Crippen LogP contribution in [0.4, 0.5) is 0 Å². The van der Waals surface area contributed by atoms with Crippen molar-refractivity contribution in [2.45, 2.75) is 53.1 Å². The van der Waals surface area contributed by atoms with Crippen molar-refractivity contribution in [1.29, 1.82) is 0 Å². The minimum absolute atomic E-state index is 0.00756. The zero-order valence-corrected chi connectivity index (χ0v) is 16.0. The molecule has 2 aromatic rings. The van der Waals surface area contributed by atoms with E-state index in [0.717, 1.165) is 4.57 Å². The molecule has 2 rings (SSSR count). The Morgan fingerprint density at radius 1 is 1.24 bits per heavy atom. The lowest BCUT2D eigenvalue weighted by Crippen LogP contribution is -2.39. The largest absolute Gasteiger partial charge is 0.694 e. The molecule has 9 nitrogen and oxygen atoms in total. The van der Waals surface area contributed by atoms with Gasteiger partial charge in [0.05, 0.1) is 6.33 Å². The van der Waals surface area contributed by atoms with E-state index in [2.05, 4.69) is 23.4 Å². The number of fused-ring (bicyclic) bond motifs is 1. The molecule has 1 unspecified atom stereocenters. The maximum Gasteiger partial charge on any atom is 0.694 e. The van der Waals surface area contributed by atoms with Crippen molar-refractivity contribution in [2.24, 2.45) is 7.05 Å². The van der Waals surface area contributed by atoms with Crippen LogP contribution in [0.25, 0.3) is 11.2 Å². The number of rotatable bonds is 7. The summed E-state index contributed by atoms with van der Waals surface area (Å²) >= 11 is 0. The molecule has 2 heterocycles. The summed E-state index contributed by atoms with van der Waals surface area (Å²) in [6.45, 7) is 6.91. The average Bonchev–Trinajstić information content (AvgIpc) is 3.03. The highest BCUT2D eigenvalue weighted by atomic mass is 31.1. The first-order valence-electron chi connectivity index (χ1n) is 8.32. The molecule has 0 aliphatic carbocycles. The Bertz CT molecular complexity index is 822. The SMILES string of the molecule is CCCC.CCn1cnc2c1c(=O)n(CCCO[P+](=O)O)c(=O)n2C. The van der Waals surface area contributed by atoms with E-state index < -0.39 is 19.5 Å². The van der Waals surface area contributed by atoms with Gasteiger partial charge in [0.25, 0.3) is 5.56 Å². The minimum Gasteiger partial charge on any atom is -0.325 e. The van der Waals surface area contributed by atoms with Gasteiger partial charge in [-0.15, -0.1) is 9.42 Å². The molecule has 10 heteroatoms. The van der Waals surface area contributed by atoms with Crippen molar-refractivity contribution in [3.63, 3.8) is 0 Å². The number of unbranched alkanes of at least 4 members (excludes halogenated alkanes) is 1. The second kappa shape index (κ2) is 10.2. The number of aryl methyl sites for hydroxylation is 2. The highest BCUT2D eigenvalue weighted by molar-refractivity contribution is 7.32. The van der Waals surface area contributed by atoms with E-state index in [1.165, 1.54) is 23.7 Å². The van der Waals surface area contributed by atoms with Crippen molar-refractivity contribution in [3.05, 3.63) is 27.2 Å². The second-order valence-corrected chi connectivity index (χ2v) is 6.16. The molecular formula is C15H26N4O5P+. The van der Waals surface area contributed by atoms with Gasteiger partial charge < -0.3 is 4.57 Å². The van der Waals surface area contributed by atoms with Crippen molar-refractivity contribution >= 4 is 19.4 Å². The lowest BCUT2D eigenvalue weighted by atomic mass is 10.4. The monoisotopic (exact) mass is 373 g/mol. The fourth-order valence-corrected chi connectivity index (χ4v) is 2.41. The summed E-state index contributed by atoms with van der Waals surface area (Å²) in [5, 5.41) is 0. The zero-order chi connectivity index (χ0) is 19.0. The average molecular weight is 373 g/mol. The smallest absolute Gasteiger partial charge is 0.325 e. The maximum absolute atomic E-state index is 12.4. The van der Waals surface area contributed by atoms with E-state index in [1.54, 1.807) is 11.6 Å². The molecule has 0 spiro atoms. The topological polar surface area (TPSA) is 108 Å². The van der Waals surface area contributed by atoms with Gasteiger partial charge in [0, 0.05) is 24.7 Å². The van der Waals surface area contributed by atoms with Crippen LogP contribution < -0.4 is 11.2 Å². The molecule has 0 saturated carbocycles. The lowest BCUT2D eigenvalue weighted by molar-refractivity contribution is 0.270. The number of hydrogen-bond donors (Lipinski definition) is 1. The van der Waals surface area contributed by atoms with E-state index in [-0.39, 0.29) is 19.6 Å². The van der Waals surface area contributed by atoms with Gasteiger partial charge in [0.1, 0.15) is 6.61 Å². The fourth-order valence-electron chi connectivity index (χ4n) is 2.12. The Hall–Kier alpha value is -1.83. The van der Waals surface area contributed by atoms with Gasteiger partial charge in [-0.3, -0.25) is 13.9 Å². The lowest BCUT2D eigenvalue weighted by Gasteiger charge is -2.08. The van der Waals surface area contributed by atoms with Crippen LogP contribution in [0.3, 0.4) is 0 Å². The van der Waals surface area contributed by atoms with Crippen LogP contribution in [0, 0.1) is 0 Å². The third-order valence-electron chi connectivity index (χ3n) is 3.67. The van der Waals surface area contributed by atoms with Gasteiger partial charge in [0.2, 0.25) is 0 Å². The number of aromatic nitrogens is 4. The highest BCUT2D eigenvalue weighted by Crippen LogP contribution is 2.14. The standard InChI is InChI=1S/C11H15N4O5P.C4H10/c1-3-14-7-12-9-8(14)10(16)15(11(17)13(9)2)5-4-6-20-21(18)19;1-3-4-2/h7H,3-6H2,1-2H3;3-4H2,1-2H3/p+1. The predicted molar refractivity (Wildman–Crippen MR) is 95.9 cm³/mol. The predicted octanol–water partition coefficient (Wildman–Crippen LogP) is 1.78. The summed E-state index contributed by atoms with van der Waals surface area (Å²) in [6, 6.07) is 0. The normalized spacial score (nSPS) is 11.3. The summed E-state index contributed by atoms with van der Waals surface area (Å²) in [5.74, 6) is 0. The van der Waals surface area contributed by atoms with Crippen molar-refractivity contribution in [1.82, 2.24) is 18.7 Å². The molecule has 0 aliphatic heterocycles. The van der Waals surface area contributed by atoms with Crippen LogP contribution in [0.1, 0.15) is 40.0 Å². The van der Waals surface area contributed by atoms with Crippen molar-refractivity contribution in [3.8, 4) is 0 Å². The molecule has 25 heavy (non-hydrogen) atoms. The summed E-state index contributed by atoms with van der Waals surface area (Å²) in [4.78, 5) is 37.2. The molecule has 1 N–H and O–H groups in total. The molecule has 2 aromatic heterocycles. The Balaban J connectivity index is 0.000000705. The number of hydrogen-bond acceptors (Lipinski definition) is 5. The third kappa shape index (κ3) is 5.32. The summed E-state index contributed by atoms with van der Waals surface area (Å²) in [7, 11) is -1.12. The first-order valence-corrected chi connectivity index (χ1v) is 9.45. The summed E-state index contributed by atoms with van der Waals surface area (Å²) < 4.78 is 19.0. The van der Waals surface area contributed by atoms with E-state index in [1.807, 2.05) is 6.92 Å². The first-order chi connectivity index (χ1) is 11.9. The van der Waals surface area contributed by atoms with Gasteiger partial charge in [-0.2, -0.15) is 0 Å². The molecule has 0 aromatic carbocycles. The van der Waals surface area contributed by atoms with E-state index in [9.17, 15) is 14.2 Å². The molecule has 0 amide bonds. The number of imidazole rings is 1.